The molecule has 22 heavy (non-hydrogen) atoms. The van der Waals surface area contributed by atoms with E-state index in [0.29, 0.717) is 6.04 Å². The van der Waals surface area contributed by atoms with Gasteiger partial charge in [-0.25, -0.2) is 0 Å². The Morgan fingerprint density at radius 1 is 1.14 bits per heavy atom. The minimum atomic E-state index is 0.663. The van der Waals surface area contributed by atoms with Gasteiger partial charge in [0.2, 0.25) is 0 Å². The first-order valence-corrected chi connectivity index (χ1v) is 8.13. The molecule has 2 aromatic heterocycles. The van der Waals surface area contributed by atoms with Gasteiger partial charge in [-0.1, -0.05) is 0 Å². The number of anilines is 1. The molecule has 3 rings (SSSR count). The number of fused-ring (bicyclic) bond motifs is 1. The van der Waals surface area contributed by atoms with Crippen LogP contribution in [0.1, 0.15) is 13.8 Å². The predicted molar refractivity (Wildman–Crippen MR) is 91.2 cm³/mol. The van der Waals surface area contributed by atoms with Crippen molar-refractivity contribution in [3.05, 3.63) is 30.6 Å². The van der Waals surface area contributed by atoms with Gasteiger partial charge in [0.15, 0.2) is 0 Å². The largest absolute Gasteiger partial charge is 0.382 e. The zero-order valence-electron chi connectivity index (χ0n) is 13.5. The fourth-order valence-corrected chi connectivity index (χ4v) is 2.91. The van der Waals surface area contributed by atoms with Crippen molar-refractivity contribution in [3.8, 4) is 0 Å². The summed E-state index contributed by atoms with van der Waals surface area (Å²) in [6.45, 7) is 11.3. The van der Waals surface area contributed by atoms with Gasteiger partial charge in [0, 0.05) is 51.5 Å². The first-order chi connectivity index (χ1) is 10.7. The van der Waals surface area contributed by atoms with Gasteiger partial charge in [0.1, 0.15) is 0 Å². The minimum Gasteiger partial charge on any atom is -0.382 e. The Hall–Kier alpha value is -1.72. The highest BCUT2D eigenvalue weighted by Crippen LogP contribution is 2.13. The lowest BCUT2D eigenvalue weighted by Gasteiger charge is -2.36. The van der Waals surface area contributed by atoms with Crippen molar-refractivity contribution in [3.63, 3.8) is 0 Å². The van der Waals surface area contributed by atoms with Crippen LogP contribution in [-0.4, -0.2) is 65.1 Å². The SMILES string of the molecule is CC(C)N1CCN(CCNc2cnc3cccnc3c2)CC1. The Balaban J connectivity index is 1.46. The Kier molecular flexibility index (Phi) is 4.85. The quantitative estimate of drug-likeness (QED) is 0.915. The first kappa shape index (κ1) is 15.2. The summed E-state index contributed by atoms with van der Waals surface area (Å²) in [7, 11) is 0. The van der Waals surface area contributed by atoms with Crippen molar-refractivity contribution in [2.45, 2.75) is 19.9 Å². The van der Waals surface area contributed by atoms with Crippen molar-refractivity contribution in [2.24, 2.45) is 0 Å². The molecule has 0 amide bonds. The van der Waals surface area contributed by atoms with E-state index in [1.807, 2.05) is 24.5 Å². The fraction of sp³-hybridized carbons (Fsp3) is 0.529. The maximum atomic E-state index is 4.43. The number of hydrogen-bond acceptors (Lipinski definition) is 5. The molecule has 2 aromatic rings. The zero-order valence-corrected chi connectivity index (χ0v) is 13.5. The van der Waals surface area contributed by atoms with Crippen LogP contribution < -0.4 is 5.32 Å². The highest BCUT2D eigenvalue weighted by Gasteiger charge is 2.17. The Labute approximate surface area is 132 Å². The molecule has 1 aliphatic heterocycles. The van der Waals surface area contributed by atoms with Crippen LogP contribution in [0.2, 0.25) is 0 Å². The van der Waals surface area contributed by atoms with Gasteiger partial charge < -0.3 is 5.32 Å². The molecule has 0 aliphatic carbocycles. The van der Waals surface area contributed by atoms with E-state index in [2.05, 4.69) is 45.0 Å². The van der Waals surface area contributed by atoms with Crippen LogP contribution in [0.4, 0.5) is 5.69 Å². The molecule has 0 spiro atoms. The molecule has 1 fully saturated rings. The Morgan fingerprint density at radius 2 is 1.95 bits per heavy atom. The van der Waals surface area contributed by atoms with Crippen molar-refractivity contribution < 1.29 is 0 Å². The molecular weight excluding hydrogens is 274 g/mol. The van der Waals surface area contributed by atoms with Gasteiger partial charge in [0.25, 0.3) is 0 Å². The molecule has 5 heteroatoms. The number of rotatable bonds is 5. The molecule has 0 radical (unpaired) electrons. The summed E-state index contributed by atoms with van der Waals surface area (Å²) in [6.07, 6.45) is 3.70. The van der Waals surface area contributed by atoms with Gasteiger partial charge in [-0.3, -0.25) is 19.8 Å². The monoisotopic (exact) mass is 299 g/mol. The third-order valence-electron chi connectivity index (χ3n) is 4.35. The third-order valence-corrected chi connectivity index (χ3v) is 4.35. The summed E-state index contributed by atoms with van der Waals surface area (Å²) in [5.74, 6) is 0. The van der Waals surface area contributed by atoms with E-state index in [4.69, 9.17) is 0 Å². The van der Waals surface area contributed by atoms with Crippen molar-refractivity contribution in [1.29, 1.82) is 0 Å². The molecule has 5 nitrogen and oxygen atoms in total. The summed E-state index contributed by atoms with van der Waals surface area (Å²) >= 11 is 0. The molecule has 1 aliphatic rings. The second-order valence-electron chi connectivity index (χ2n) is 6.16. The number of pyridine rings is 2. The van der Waals surface area contributed by atoms with Crippen molar-refractivity contribution in [2.75, 3.05) is 44.6 Å². The molecule has 0 atom stereocenters. The molecule has 0 aromatic carbocycles. The van der Waals surface area contributed by atoms with Gasteiger partial charge in [-0.05, 0) is 32.0 Å². The van der Waals surface area contributed by atoms with E-state index in [1.165, 1.54) is 13.1 Å². The standard InChI is InChI=1S/C17H25N5/c1-14(2)22-10-8-21(9-11-22)7-6-18-15-12-17-16(20-13-15)4-3-5-19-17/h3-5,12-14,18H,6-11H2,1-2H3. The fourth-order valence-electron chi connectivity index (χ4n) is 2.91. The molecule has 118 valence electrons. The second-order valence-corrected chi connectivity index (χ2v) is 6.16. The van der Waals surface area contributed by atoms with Gasteiger partial charge >= 0.3 is 0 Å². The zero-order chi connectivity index (χ0) is 15.4. The maximum absolute atomic E-state index is 4.43. The van der Waals surface area contributed by atoms with Crippen LogP contribution in [0, 0.1) is 0 Å². The average Bonchev–Trinajstić information content (AvgIpc) is 2.55. The lowest BCUT2D eigenvalue weighted by molar-refractivity contribution is 0.111. The normalized spacial score (nSPS) is 17.2. The third kappa shape index (κ3) is 3.72. The molecule has 0 saturated carbocycles. The van der Waals surface area contributed by atoms with E-state index in [0.717, 1.165) is 42.9 Å². The molecule has 0 bridgehead atoms. The molecule has 1 N–H and O–H groups in total. The number of hydrogen-bond donors (Lipinski definition) is 1. The number of piperazine rings is 1. The number of nitrogens with one attached hydrogen (secondary N) is 1. The Bertz CT molecular complexity index is 605. The number of aromatic nitrogens is 2. The van der Waals surface area contributed by atoms with Gasteiger partial charge in [-0.15, -0.1) is 0 Å². The van der Waals surface area contributed by atoms with Crippen LogP contribution >= 0.6 is 0 Å². The molecule has 1 saturated heterocycles. The highest BCUT2D eigenvalue weighted by atomic mass is 15.3. The topological polar surface area (TPSA) is 44.3 Å². The highest BCUT2D eigenvalue weighted by molar-refractivity contribution is 5.77. The second kappa shape index (κ2) is 7.03. The first-order valence-electron chi connectivity index (χ1n) is 8.13. The summed E-state index contributed by atoms with van der Waals surface area (Å²) in [6, 6.07) is 6.63. The lowest BCUT2D eigenvalue weighted by Crippen LogP contribution is -2.49. The smallest absolute Gasteiger partial charge is 0.0907 e. The van der Waals surface area contributed by atoms with Crippen molar-refractivity contribution >= 4 is 16.7 Å². The van der Waals surface area contributed by atoms with Crippen molar-refractivity contribution in [1.82, 2.24) is 19.8 Å². The van der Waals surface area contributed by atoms with Gasteiger partial charge in [0.05, 0.1) is 22.9 Å². The summed E-state index contributed by atoms with van der Waals surface area (Å²) in [5, 5.41) is 3.46. The van der Waals surface area contributed by atoms with Crippen LogP contribution in [-0.2, 0) is 0 Å². The van der Waals surface area contributed by atoms with E-state index < -0.39 is 0 Å². The van der Waals surface area contributed by atoms with Crippen LogP contribution in [0.5, 0.6) is 0 Å². The molecule has 0 unspecified atom stereocenters. The lowest BCUT2D eigenvalue weighted by atomic mass is 10.2. The number of nitrogens with zero attached hydrogens (tertiary/aromatic N) is 4. The minimum absolute atomic E-state index is 0.663. The molecule has 3 heterocycles. The summed E-state index contributed by atoms with van der Waals surface area (Å²) < 4.78 is 0. The summed E-state index contributed by atoms with van der Waals surface area (Å²) in [5.41, 5.74) is 2.93. The van der Waals surface area contributed by atoms with E-state index in [-0.39, 0.29) is 0 Å². The van der Waals surface area contributed by atoms with Crippen LogP contribution in [0.15, 0.2) is 30.6 Å². The van der Waals surface area contributed by atoms with Gasteiger partial charge in [-0.2, -0.15) is 0 Å². The van der Waals surface area contributed by atoms with E-state index in [1.54, 1.807) is 0 Å². The van der Waals surface area contributed by atoms with Crippen LogP contribution in [0.3, 0.4) is 0 Å². The average molecular weight is 299 g/mol. The van der Waals surface area contributed by atoms with E-state index >= 15 is 0 Å². The summed E-state index contributed by atoms with van der Waals surface area (Å²) in [4.78, 5) is 13.8. The predicted octanol–water partition coefficient (Wildman–Crippen LogP) is 2.07. The Morgan fingerprint density at radius 3 is 2.73 bits per heavy atom. The van der Waals surface area contributed by atoms with Crippen LogP contribution in [0.25, 0.3) is 11.0 Å². The van der Waals surface area contributed by atoms with E-state index in [9.17, 15) is 0 Å². The maximum Gasteiger partial charge on any atom is 0.0907 e. The molecular formula is C17H25N5.